The van der Waals surface area contributed by atoms with Crippen LogP contribution in [-0.2, 0) is 14.0 Å². The number of esters is 1. The number of hydrogen-bond donors (Lipinski definition) is 0. The van der Waals surface area contributed by atoms with Crippen LogP contribution in [-0.4, -0.2) is 27.0 Å². The predicted octanol–water partition coefficient (Wildman–Crippen LogP) is 3.21. The van der Waals surface area contributed by atoms with Gasteiger partial charge in [-0.05, 0) is 44.8 Å². The molecule has 0 unspecified atom stereocenters. The standard InChI is InChI=1S/C13H26O3Si/c1-6-15-13(14)11-7-8-17(4,5)16-12(9-11)10(2)3/h10-12H,6-9H2,1-5H3/t11-,12+/m1/s1. The Bertz CT molecular complexity index is 263. The smallest absolute Gasteiger partial charge is 0.309 e. The molecule has 1 heterocycles. The van der Waals surface area contributed by atoms with Crippen molar-refractivity contribution in [3.8, 4) is 0 Å². The first kappa shape index (κ1) is 14.7. The number of carbonyl (C=O) groups excluding carboxylic acids is 1. The lowest BCUT2D eigenvalue weighted by Gasteiger charge is -2.29. The van der Waals surface area contributed by atoms with Crippen molar-refractivity contribution < 1.29 is 14.0 Å². The van der Waals surface area contributed by atoms with E-state index in [-0.39, 0.29) is 18.0 Å². The molecule has 0 N–H and O–H groups in total. The summed E-state index contributed by atoms with van der Waals surface area (Å²) in [6, 6.07) is 1.06. The number of rotatable bonds is 3. The molecule has 1 saturated heterocycles. The van der Waals surface area contributed by atoms with Crippen LogP contribution in [0.3, 0.4) is 0 Å². The normalized spacial score (nSPS) is 28.8. The van der Waals surface area contributed by atoms with E-state index in [2.05, 4.69) is 26.9 Å². The van der Waals surface area contributed by atoms with Crippen molar-refractivity contribution >= 4 is 14.3 Å². The third-order valence-corrected chi connectivity index (χ3v) is 5.88. The maximum absolute atomic E-state index is 11.9. The molecular weight excluding hydrogens is 232 g/mol. The molecule has 1 fully saturated rings. The van der Waals surface area contributed by atoms with Gasteiger partial charge in [-0.3, -0.25) is 4.79 Å². The van der Waals surface area contributed by atoms with Crippen LogP contribution in [0.5, 0.6) is 0 Å². The molecule has 17 heavy (non-hydrogen) atoms. The van der Waals surface area contributed by atoms with Gasteiger partial charge in [0.05, 0.1) is 12.5 Å². The molecule has 100 valence electrons. The molecule has 1 aliphatic rings. The van der Waals surface area contributed by atoms with Crippen molar-refractivity contribution in [3.05, 3.63) is 0 Å². The number of carbonyl (C=O) groups is 1. The molecule has 0 aliphatic carbocycles. The van der Waals surface area contributed by atoms with E-state index in [4.69, 9.17) is 9.16 Å². The Morgan fingerprint density at radius 3 is 2.65 bits per heavy atom. The fraction of sp³-hybridized carbons (Fsp3) is 0.923. The summed E-state index contributed by atoms with van der Waals surface area (Å²) in [5.41, 5.74) is 0. The Morgan fingerprint density at radius 1 is 1.47 bits per heavy atom. The van der Waals surface area contributed by atoms with Crippen molar-refractivity contribution in [1.82, 2.24) is 0 Å². The zero-order valence-corrected chi connectivity index (χ0v) is 12.8. The minimum Gasteiger partial charge on any atom is -0.466 e. The Hall–Kier alpha value is -0.353. The maximum Gasteiger partial charge on any atom is 0.309 e. The molecule has 0 amide bonds. The van der Waals surface area contributed by atoms with Gasteiger partial charge in [0.1, 0.15) is 0 Å². The third-order valence-electron chi connectivity index (χ3n) is 3.45. The van der Waals surface area contributed by atoms with Crippen molar-refractivity contribution in [2.75, 3.05) is 6.61 Å². The van der Waals surface area contributed by atoms with Gasteiger partial charge in [0.15, 0.2) is 8.32 Å². The number of ether oxygens (including phenoxy) is 1. The average Bonchev–Trinajstić information content (AvgIpc) is 2.37. The van der Waals surface area contributed by atoms with E-state index in [9.17, 15) is 4.79 Å². The molecule has 0 saturated carbocycles. The average molecular weight is 258 g/mol. The largest absolute Gasteiger partial charge is 0.466 e. The molecule has 2 atom stereocenters. The molecule has 1 rings (SSSR count). The topological polar surface area (TPSA) is 35.5 Å². The van der Waals surface area contributed by atoms with Gasteiger partial charge in [-0.1, -0.05) is 13.8 Å². The summed E-state index contributed by atoms with van der Waals surface area (Å²) < 4.78 is 11.4. The second-order valence-electron chi connectivity index (χ2n) is 5.88. The summed E-state index contributed by atoms with van der Waals surface area (Å²) in [5, 5.41) is 0. The fourth-order valence-electron chi connectivity index (χ4n) is 2.32. The highest BCUT2D eigenvalue weighted by atomic mass is 28.4. The molecule has 0 aromatic rings. The van der Waals surface area contributed by atoms with E-state index in [1.54, 1.807) is 0 Å². The van der Waals surface area contributed by atoms with E-state index in [0.29, 0.717) is 12.5 Å². The predicted molar refractivity (Wildman–Crippen MR) is 71.4 cm³/mol. The van der Waals surface area contributed by atoms with Crippen LogP contribution >= 0.6 is 0 Å². The summed E-state index contributed by atoms with van der Waals surface area (Å²) in [6.45, 7) is 11.2. The number of hydrogen-bond acceptors (Lipinski definition) is 3. The van der Waals surface area contributed by atoms with Crippen LogP contribution in [0.2, 0.25) is 19.1 Å². The van der Waals surface area contributed by atoms with Crippen LogP contribution in [0.25, 0.3) is 0 Å². The van der Waals surface area contributed by atoms with Crippen LogP contribution in [0, 0.1) is 11.8 Å². The summed E-state index contributed by atoms with van der Waals surface area (Å²) >= 11 is 0. The molecule has 0 radical (unpaired) electrons. The molecule has 0 aromatic carbocycles. The summed E-state index contributed by atoms with van der Waals surface area (Å²) in [5.74, 6) is 0.474. The quantitative estimate of drug-likeness (QED) is 0.576. The van der Waals surface area contributed by atoms with E-state index in [0.717, 1.165) is 18.9 Å². The van der Waals surface area contributed by atoms with Crippen molar-refractivity contribution in [1.29, 1.82) is 0 Å². The fourth-order valence-corrected chi connectivity index (χ4v) is 4.67. The Morgan fingerprint density at radius 2 is 2.12 bits per heavy atom. The van der Waals surface area contributed by atoms with E-state index < -0.39 is 8.32 Å². The highest BCUT2D eigenvalue weighted by Gasteiger charge is 2.37. The van der Waals surface area contributed by atoms with E-state index in [1.807, 2.05) is 6.92 Å². The first-order chi connectivity index (χ1) is 7.85. The van der Waals surface area contributed by atoms with Gasteiger partial charge < -0.3 is 9.16 Å². The minimum absolute atomic E-state index is 0.0338. The first-order valence-corrected chi connectivity index (χ1v) is 9.81. The Balaban J connectivity index is 2.72. The van der Waals surface area contributed by atoms with Crippen molar-refractivity contribution in [2.24, 2.45) is 11.8 Å². The SMILES string of the molecule is CCOC(=O)[C@@H]1CC[Si](C)(C)O[C@H](C(C)C)C1. The molecule has 0 bridgehead atoms. The minimum atomic E-state index is -1.59. The monoisotopic (exact) mass is 258 g/mol. The Labute approximate surface area is 106 Å². The molecular formula is C13H26O3Si. The van der Waals surface area contributed by atoms with Crippen molar-refractivity contribution in [2.45, 2.75) is 58.9 Å². The molecule has 3 nitrogen and oxygen atoms in total. The molecule has 1 aliphatic heterocycles. The Kier molecular flexibility index (Phi) is 5.19. The van der Waals surface area contributed by atoms with Crippen LogP contribution < -0.4 is 0 Å². The molecule has 0 spiro atoms. The van der Waals surface area contributed by atoms with E-state index in [1.165, 1.54) is 0 Å². The molecule has 4 heteroatoms. The van der Waals surface area contributed by atoms with Crippen molar-refractivity contribution in [3.63, 3.8) is 0 Å². The van der Waals surface area contributed by atoms with Gasteiger partial charge in [0, 0.05) is 6.10 Å². The first-order valence-electron chi connectivity index (χ1n) is 6.70. The zero-order chi connectivity index (χ0) is 13.1. The third kappa shape index (κ3) is 4.43. The van der Waals surface area contributed by atoms with Gasteiger partial charge in [-0.2, -0.15) is 0 Å². The lowest BCUT2D eigenvalue weighted by Crippen LogP contribution is -2.35. The zero-order valence-electron chi connectivity index (χ0n) is 11.8. The highest BCUT2D eigenvalue weighted by molar-refractivity contribution is 6.71. The van der Waals surface area contributed by atoms with Crippen LogP contribution in [0.15, 0.2) is 0 Å². The maximum atomic E-state index is 11.9. The second kappa shape index (κ2) is 6.00. The lowest BCUT2D eigenvalue weighted by molar-refractivity contribution is -0.149. The van der Waals surface area contributed by atoms with Gasteiger partial charge in [-0.25, -0.2) is 0 Å². The van der Waals surface area contributed by atoms with Gasteiger partial charge >= 0.3 is 5.97 Å². The summed E-state index contributed by atoms with van der Waals surface area (Å²) in [6.07, 6.45) is 1.97. The molecule has 0 aromatic heterocycles. The van der Waals surface area contributed by atoms with Crippen LogP contribution in [0.4, 0.5) is 0 Å². The second-order valence-corrected chi connectivity index (χ2v) is 10.1. The van der Waals surface area contributed by atoms with Gasteiger partial charge in [-0.15, -0.1) is 0 Å². The van der Waals surface area contributed by atoms with Gasteiger partial charge in [0.2, 0.25) is 0 Å². The van der Waals surface area contributed by atoms with Gasteiger partial charge in [0.25, 0.3) is 0 Å². The highest BCUT2D eigenvalue weighted by Crippen LogP contribution is 2.32. The summed E-state index contributed by atoms with van der Waals surface area (Å²) in [4.78, 5) is 11.9. The van der Waals surface area contributed by atoms with E-state index >= 15 is 0 Å². The summed E-state index contributed by atoms with van der Waals surface area (Å²) in [7, 11) is -1.59. The lowest BCUT2D eigenvalue weighted by atomic mass is 9.93. The van der Waals surface area contributed by atoms with Crippen LogP contribution in [0.1, 0.15) is 33.6 Å².